The topological polar surface area (TPSA) is 208 Å². The lowest BCUT2D eigenvalue weighted by molar-refractivity contribution is -0.392. The Labute approximate surface area is 158 Å². The summed E-state index contributed by atoms with van der Waals surface area (Å²) >= 11 is 0. The number of ketones is 1. The van der Waals surface area contributed by atoms with E-state index in [-0.39, 0.29) is 25.2 Å². The first-order valence-electron chi connectivity index (χ1n) is 8.21. The molecular formula is C15H21N5O8. The molecule has 0 saturated heterocycles. The number of carboxylic acids is 2. The van der Waals surface area contributed by atoms with Crippen LogP contribution in [0.5, 0.6) is 0 Å². The van der Waals surface area contributed by atoms with Crippen LogP contribution in [0.15, 0.2) is 6.20 Å². The number of carbonyl (C=O) groups is 4. The van der Waals surface area contributed by atoms with Crippen LogP contribution in [0.2, 0.25) is 0 Å². The van der Waals surface area contributed by atoms with Gasteiger partial charge in [0.25, 0.3) is 0 Å². The van der Waals surface area contributed by atoms with Gasteiger partial charge in [0.2, 0.25) is 5.91 Å². The third kappa shape index (κ3) is 6.75. The fourth-order valence-electron chi connectivity index (χ4n) is 2.42. The third-order valence-corrected chi connectivity index (χ3v) is 3.86. The van der Waals surface area contributed by atoms with Crippen molar-refractivity contribution in [3.63, 3.8) is 0 Å². The average Bonchev–Trinajstić information content (AvgIpc) is 2.94. The van der Waals surface area contributed by atoms with Gasteiger partial charge in [-0.3, -0.25) is 14.4 Å². The summed E-state index contributed by atoms with van der Waals surface area (Å²) in [5.74, 6) is -4.06. The number of aryl methyl sites for hydroxylation is 1. The first kappa shape index (κ1) is 22.7. The molecule has 28 heavy (non-hydrogen) atoms. The van der Waals surface area contributed by atoms with E-state index in [4.69, 9.17) is 15.9 Å². The highest BCUT2D eigenvalue weighted by atomic mass is 16.6. The van der Waals surface area contributed by atoms with Crippen molar-refractivity contribution in [2.45, 2.75) is 51.2 Å². The van der Waals surface area contributed by atoms with E-state index in [0.29, 0.717) is 5.82 Å². The van der Waals surface area contributed by atoms with E-state index in [1.165, 1.54) is 4.57 Å². The summed E-state index contributed by atoms with van der Waals surface area (Å²) in [4.78, 5) is 59.5. The lowest BCUT2D eigenvalue weighted by Gasteiger charge is -2.14. The molecule has 154 valence electrons. The molecule has 0 aliphatic rings. The number of nitro groups is 1. The Bertz CT molecular complexity index is 774. The SMILES string of the molecule is Cc1ncc([N+](=O)[O-])n1CCCC(=O)C(N)CC(=O)NC(CC(=O)O)C(=O)O. The lowest BCUT2D eigenvalue weighted by atomic mass is 10.0. The maximum absolute atomic E-state index is 12.0. The van der Waals surface area contributed by atoms with E-state index >= 15 is 0 Å². The van der Waals surface area contributed by atoms with E-state index in [1.807, 2.05) is 5.32 Å². The Balaban J connectivity index is 2.51. The monoisotopic (exact) mass is 399 g/mol. The summed E-state index contributed by atoms with van der Waals surface area (Å²) in [6.07, 6.45) is -0.0351. The molecule has 13 heteroatoms. The molecule has 1 aromatic heterocycles. The second-order valence-corrected chi connectivity index (χ2v) is 6.01. The predicted molar refractivity (Wildman–Crippen MR) is 92.3 cm³/mol. The molecule has 2 unspecified atom stereocenters. The number of carbonyl (C=O) groups excluding carboxylic acids is 2. The van der Waals surface area contributed by atoms with E-state index in [9.17, 15) is 29.3 Å². The number of Topliss-reactive ketones (excluding diaryl/α,β-unsaturated/α-hetero) is 1. The quantitative estimate of drug-likeness (QED) is 0.254. The van der Waals surface area contributed by atoms with Crippen LogP contribution in [-0.2, 0) is 25.7 Å². The fourth-order valence-corrected chi connectivity index (χ4v) is 2.42. The minimum Gasteiger partial charge on any atom is -0.481 e. The molecule has 2 atom stereocenters. The smallest absolute Gasteiger partial charge is 0.342 e. The second-order valence-electron chi connectivity index (χ2n) is 6.01. The van der Waals surface area contributed by atoms with Crippen LogP contribution in [0.25, 0.3) is 0 Å². The highest BCUT2D eigenvalue weighted by molar-refractivity contribution is 5.91. The minimum atomic E-state index is -1.63. The highest BCUT2D eigenvalue weighted by Gasteiger charge is 2.25. The van der Waals surface area contributed by atoms with Gasteiger partial charge in [0.1, 0.15) is 18.0 Å². The van der Waals surface area contributed by atoms with Gasteiger partial charge in [-0.25, -0.2) is 14.3 Å². The summed E-state index contributed by atoms with van der Waals surface area (Å²) in [6, 6.07) is -2.84. The molecule has 0 aliphatic heterocycles. The summed E-state index contributed by atoms with van der Waals surface area (Å²) in [5.41, 5.74) is 5.64. The van der Waals surface area contributed by atoms with E-state index in [0.717, 1.165) is 6.20 Å². The number of amides is 1. The highest BCUT2D eigenvalue weighted by Crippen LogP contribution is 2.15. The van der Waals surface area contributed by atoms with Gasteiger partial charge in [0, 0.05) is 19.8 Å². The van der Waals surface area contributed by atoms with Gasteiger partial charge in [-0.05, 0) is 11.3 Å². The van der Waals surface area contributed by atoms with E-state index in [2.05, 4.69) is 4.98 Å². The predicted octanol–water partition coefficient (Wildman–Crippen LogP) is -0.789. The largest absolute Gasteiger partial charge is 0.481 e. The Morgan fingerprint density at radius 1 is 1.32 bits per heavy atom. The van der Waals surface area contributed by atoms with Crippen molar-refractivity contribution in [1.29, 1.82) is 0 Å². The summed E-state index contributed by atoms with van der Waals surface area (Å²) in [7, 11) is 0. The molecule has 0 fully saturated rings. The van der Waals surface area contributed by atoms with Gasteiger partial charge < -0.3 is 31.4 Å². The molecular weight excluding hydrogens is 378 g/mol. The standard InChI is InChI=1S/C15H21N5O8/c1-8-17-7-13(20(27)28)19(8)4-2-3-11(21)9(16)5-12(22)18-10(15(25)26)6-14(23)24/h7,9-10H,2-6,16H2,1H3,(H,18,22)(H,23,24)(H,25,26). The van der Waals surface area contributed by atoms with Crippen LogP contribution < -0.4 is 11.1 Å². The normalized spacial score (nSPS) is 12.8. The average molecular weight is 399 g/mol. The molecule has 0 saturated carbocycles. The molecule has 0 aromatic carbocycles. The van der Waals surface area contributed by atoms with Crippen LogP contribution >= 0.6 is 0 Å². The van der Waals surface area contributed by atoms with E-state index in [1.54, 1.807) is 6.92 Å². The van der Waals surface area contributed by atoms with Gasteiger partial charge in [0.15, 0.2) is 5.82 Å². The van der Waals surface area contributed by atoms with Gasteiger partial charge in [0.05, 0.1) is 19.0 Å². The van der Waals surface area contributed by atoms with Crippen LogP contribution in [0, 0.1) is 17.0 Å². The summed E-state index contributed by atoms with van der Waals surface area (Å²) < 4.78 is 1.34. The van der Waals surface area contributed by atoms with Crippen LogP contribution in [0.3, 0.4) is 0 Å². The zero-order valence-electron chi connectivity index (χ0n) is 15.0. The maximum Gasteiger partial charge on any atom is 0.342 e. The summed E-state index contributed by atoms with van der Waals surface area (Å²) in [5, 5.41) is 30.4. The number of carboxylic acid groups (broad SMARTS) is 2. The molecule has 0 radical (unpaired) electrons. The van der Waals surface area contributed by atoms with Crippen molar-refractivity contribution >= 4 is 29.4 Å². The molecule has 5 N–H and O–H groups in total. The molecule has 1 rings (SSSR count). The maximum atomic E-state index is 12.0. The Morgan fingerprint density at radius 2 is 1.96 bits per heavy atom. The number of hydrogen-bond acceptors (Lipinski definition) is 8. The second kappa shape index (κ2) is 10.1. The van der Waals surface area contributed by atoms with Gasteiger partial charge in [-0.2, -0.15) is 0 Å². The minimum absolute atomic E-state index is 0.0549. The first-order valence-corrected chi connectivity index (χ1v) is 8.21. The molecule has 1 heterocycles. The van der Waals surface area contributed by atoms with Gasteiger partial charge in [-0.15, -0.1) is 0 Å². The van der Waals surface area contributed by atoms with Gasteiger partial charge >= 0.3 is 17.8 Å². The van der Waals surface area contributed by atoms with Crippen LogP contribution in [-0.4, -0.2) is 60.4 Å². The number of aromatic nitrogens is 2. The molecule has 13 nitrogen and oxygen atoms in total. The van der Waals surface area contributed by atoms with Crippen molar-refractivity contribution < 1.29 is 34.3 Å². The number of aliphatic carboxylic acids is 2. The molecule has 0 bridgehead atoms. The van der Waals surface area contributed by atoms with Crippen LogP contribution in [0.1, 0.15) is 31.5 Å². The fraction of sp³-hybridized carbons (Fsp3) is 0.533. The van der Waals surface area contributed by atoms with Crippen molar-refractivity contribution in [3.8, 4) is 0 Å². The van der Waals surface area contributed by atoms with Gasteiger partial charge in [-0.1, -0.05) is 0 Å². The molecule has 1 amide bonds. The lowest BCUT2D eigenvalue weighted by Crippen LogP contribution is -2.45. The number of hydrogen-bond donors (Lipinski definition) is 4. The van der Waals surface area contributed by atoms with Crippen molar-refractivity contribution in [2.24, 2.45) is 5.73 Å². The van der Waals surface area contributed by atoms with Crippen molar-refractivity contribution in [1.82, 2.24) is 14.9 Å². The number of rotatable bonds is 12. The molecule has 0 spiro atoms. The Hall–Kier alpha value is -3.35. The molecule has 1 aromatic rings. The third-order valence-electron chi connectivity index (χ3n) is 3.86. The Morgan fingerprint density at radius 3 is 2.50 bits per heavy atom. The number of nitrogens with one attached hydrogen (secondary N) is 1. The number of imidazole rings is 1. The number of nitrogens with two attached hydrogens (primary N) is 1. The van der Waals surface area contributed by atoms with Crippen LogP contribution in [0.4, 0.5) is 5.82 Å². The first-order chi connectivity index (χ1) is 13.0. The summed E-state index contributed by atoms with van der Waals surface area (Å²) in [6.45, 7) is 1.74. The van der Waals surface area contributed by atoms with Crippen molar-refractivity contribution in [3.05, 3.63) is 22.1 Å². The Kier molecular flexibility index (Phi) is 8.19. The van der Waals surface area contributed by atoms with Crippen molar-refractivity contribution in [2.75, 3.05) is 0 Å². The zero-order valence-corrected chi connectivity index (χ0v) is 15.0. The number of nitrogens with zero attached hydrogens (tertiary/aromatic N) is 3. The zero-order chi connectivity index (χ0) is 21.4. The van der Waals surface area contributed by atoms with E-state index < -0.39 is 53.5 Å². The molecule has 0 aliphatic carbocycles.